The van der Waals surface area contributed by atoms with E-state index in [0.717, 1.165) is 0 Å². The van der Waals surface area contributed by atoms with E-state index >= 15 is 0 Å². The Morgan fingerprint density at radius 1 is 1.09 bits per heavy atom. The van der Waals surface area contributed by atoms with Crippen molar-refractivity contribution < 1.29 is 9.53 Å². The third-order valence-electron chi connectivity index (χ3n) is 3.72. The Labute approximate surface area is 140 Å². The molecule has 0 aliphatic carbocycles. The second-order valence-corrected chi connectivity index (χ2v) is 6.37. The first-order valence-electron chi connectivity index (χ1n) is 7.68. The first-order valence-corrected chi connectivity index (χ1v) is 8.50. The fourth-order valence-electron chi connectivity index (χ4n) is 2.62. The maximum Gasteiger partial charge on any atom is 0.221 e. The molecule has 2 aromatic carbocycles. The van der Waals surface area contributed by atoms with Crippen molar-refractivity contribution in [3.63, 3.8) is 0 Å². The number of ether oxygens (including phenoxy) is 1. The molecule has 1 aliphatic rings. The van der Waals surface area contributed by atoms with E-state index in [4.69, 9.17) is 4.74 Å². The quantitative estimate of drug-likeness (QED) is 0.825. The number of carbonyl (C=O) groups is 1. The topological polar surface area (TPSA) is 41.6 Å². The predicted octanol–water partition coefficient (Wildman–Crippen LogP) is 3.44. The lowest BCUT2D eigenvalue weighted by Crippen LogP contribution is -2.31. The van der Waals surface area contributed by atoms with Gasteiger partial charge in [-0.1, -0.05) is 36.0 Å². The molecule has 1 heterocycles. The van der Waals surface area contributed by atoms with Crippen molar-refractivity contribution in [2.75, 3.05) is 31.7 Å². The summed E-state index contributed by atoms with van der Waals surface area (Å²) < 4.78 is 4.95. The van der Waals surface area contributed by atoms with Gasteiger partial charge in [0.2, 0.25) is 5.91 Å². The summed E-state index contributed by atoms with van der Waals surface area (Å²) in [5.74, 6) is 0.0511. The highest BCUT2D eigenvalue weighted by Gasteiger charge is 2.22. The Morgan fingerprint density at radius 2 is 1.70 bits per heavy atom. The molecule has 1 aliphatic heterocycles. The van der Waals surface area contributed by atoms with Crippen molar-refractivity contribution in [1.29, 1.82) is 0 Å². The minimum absolute atomic E-state index is 0.0511. The molecule has 0 aromatic heterocycles. The lowest BCUT2D eigenvalue weighted by atomic mass is 10.2. The van der Waals surface area contributed by atoms with E-state index in [9.17, 15) is 4.79 Å². The zero-order valence-corrected chi connectivity index (χ0v) is 13.9. The summed E-state index contributed by atoms with van der Waals surface area (Å²) >= 11 is 1.78. The van der Waals surface area contributed by atoms with Gasteiger partial charge in [-0.05, 0) is 24.3 Å². The lowest BCUT2D eigenvalue weighted by molar-refractivity contribution is -0.121. The first-order chi connectivity index (χ1) is 11.3. The molecule has 5 heteroatoms. The van der Waals surface area contributed by atoms with Gasteiger partial charge in [0.1, 0.15) is 0 Å². The van der Waals surface area contributed by atoms with Crippen LogP contribution in [0.2, 0.25) is 0 Å². The fraction of sp³-hybridized carbons (Fsp3) is 0.278. The molecule has 0 saturated heterocycles. The lowest BCUT2D eigenvalue weighted by Gasteiger charge is -2.32. The second kappa shape index (κ2) is 7.53. The molecule has 120 valence electrons. The summed E-state index contributed by atoms with van der Waals surface area (Å²) in [6, 6.07) is 16.7. The minimum Gasteiger partial charge on any atom is -0.383 e. The van der Waals surface area contributed by atoms with Crippen LogP contribution in [0.5, 0.6) is 0 Å². The summed E-state index contributed by atoms with van der Waals surface area (Å²) in [5.41, 5.74) is 2.33. The van der Waals surface area contributed by atoms with Gasteiger partial charge < -0.3 is 15.0 Å². The summed E-state index contributed by atoms with van der Waals surface area (Å²) in [6.45, 7) is 1.75. The Morgan fingerprint density at radius 3 is 2.30 bits per heavy atom. The Hall–Kier alpha value is -1.98. The van der Waals surface area contributed by atoms with Crippen molar-refractivity contribution in [3.05, 3.63) is 48.5 Å². The molecule has 0 spiro atoms. The third-order valence-corrected chi connectivity index (χ3v) is 4.85. The number of hydrogen-bond donors (Lipinski definition) is 1. The highest BCUT2D eigenvalue weighted by atomic mass is 32.2. The van der Waals surface area contributed by atoms with Gasteiger partial charge in [0.25, 0.3) is 0 Å². The summed E-state index contributed by atoms with van der Waals surface area (Å²) in [6.07, 6.45) is 0.455. The maximum atomic E-state index is 12.0. The Bertz CT molecular complexity index is 645. The molecule has 3 rings (SSSR count). The van der Waals surface area contributed by atoms with Crippen LogP contribution in [0.4, 0.5) is 11.4 Å². The maximum absolute atomic E-state index is 12.0. The first kappa shape index (κ1) is 15.9. The molecule has 0 radical (unpaired) electrons. The molecular formula is C18H20N2O2S. The monoisotopic (exact) mass is 328 g/mol. The van der Waals surface area contributed by atoms with Gasteiger partial charge in [0.15, 0.2) is 0 Å². The van der Waals surface area contributed by atoms with E-state index < -0.39 is 0 Å². The number of methoxy groups -OCH3 is 1. The number of para-hydroxylation sites is 2. The van der Waals surface area contributed by atoms with Gasteiger partial charge in [-0.3, -0.25) is 4.79 Å². The smallest absolute Gasteiger partial charge is 0.221 e. The Balaban J connectivity index is 1.75. The molecule has 0 saturated carbocycles. The zero-order valence-electron chi connectivity index (χ0n) is 13.1. The molecular weight excluding hydrogens is 308 g/mol. The highest BCUT2D eigenvalue weighted by molar-refractivity contribution is 7.99. The molecule has 0 unspecified atom stereocenters. The number of amides is 1. The largest absolute Gasteiger partial charge is 0.383 e. The van der Waals surface area contributed by atoms with Gasteiger partial charge in [-0.15, -0.1) is 0 Å². The van der Waals surface area contributed by atoms with Gasteiger partial charge in [-0.25, -0.2) is 0 Å². The van der Waals surface area contributed by atoms with Crippen LogP contribution >= 0.6 is 11.8 Å². The van der Waals surface area contributed by atoms with Crippen molar-refractivity contribution in [1.82, 2.24) is 5.32 Å². The molecule has 0 atom stereocenters. The molecule has 1 N–H and O–H groups in total. The van der Waals surface area contributed by atoms with E-state index in [1.165, 1.54) is 21.2 Å². The summed E-state index contributed by atoms with van der Waals surface area (Å²) in [7, 11) is 1.63. The van der Waals surface area contributed by atoms with E-state index in [2.05, 4.69) is 46.6 Å². The summed E-state index contributed by atoms with van der Waals surface area (Å²) in [4.78, 5) is 16.7. The highest BCUT2D eigenvalue weighted by Crippen LogP contribution is 2.47. The Kier molecular flexibility index (Phi) is 5.20. The third kappa shape index (κ3) is 3.68. The van der Waals surface area contributed by atoms with Crippen LogP contribution in [0.1, 0.15) is 6.42 Å². The number of nitrogens with one attached hydrogen (secondary N) is 1. The van der Waals surface area contributed by atoms with Gasteiger partial charge in [0, 0.05) is 36.4 Å². The zero-order chi connectivity index (χ0) is 16.1. The number of hydrogen-bond acceptors (Lipinski definition) is 4. The molecule has 1 amide bonds. The van der Waals surface area contributed by atoms with Gasteiger partial charge in [-0.2, -0.15) is 0 Å². The fourth-order valence-corrected chi connectivity index (χ4v) is 3.71. The van der Waals surface area contributed by atoms with E-state index in [-0.39, 0.29) is 5.91 Å². The van der Waals surface area contributed by atoms with Crippen molar-refractivity contribution in [3.8, 4) is 0 Å². The summed E-state index contributed by atoms with van der Waals surface area (Å²) in [5, 5.41) is 2.88. The average molecular weight is 328 g/mol. The number of rotatable bonds is 6. The number of carbonyl (C=O) groups excluding carboxylic acids is 1. The van der Waals surface area contributed by atoms with E-state index in [1.807, 2.05) is 12.1 Å². The second-order valence-electron chi connectivity index (χ2n) is 5.28. The van der Waals surface area contributed by atoms with Crippen LogP contribution in [0.25, 0.3) is 0 Å². The average Bonchev–Trinajstić information content (AvgIpc) is 2.59. The molecule has 23 heavy (non-hydrogen) atoms. The van der Waals surface area contributed by atoms with Crippen LogP contribution in [0.3, 0.4) is 0 Å². The van der Waals surface area contributed by atoms with Gasteiger partial charge in [0.05, 0.1) is 18.0 Å². The van der Waals surface area contributed by atoms with Crippen molar-refractivity contribution in [2.45, 2.75) is 16.2 Å². The predicted molar refractivity (Wildman–Crippen MR) is 93.5 cm³/mol. The number of benzene rings is 2. The standard InChI is InChI=1S/C18H20N2O2S/c1-22-13-11-19-18(21)10-12-20-14-6-2-4-8-16(14)23-17-9-5-3-7-15(17)20/h2-9H,10-13H2,1H3,(H,19,21). The number of anilines is 2. The molecule has 0 fully saturated rings. The van der Waals surface area contributed by atoms with Crippen LogP contribution in [0, 0.1) is 0 Å². The van der Waals surface area contributed by atoms with Crippen LogP contribution in [-0.2, 0) is 9.53 Å². The van der Waals surface area contributed by atoms with E-state index in [1.54, 1.807) is 18.9 Å². The molecule has 4 nitrogen and oxygen atoms in total. The van der Waals surface area contributed by atoms with Crippen LogP contribution in [-0.4, -0.2) is 32.7 Å². The molecule has 0 bridgehead atoms. The molecule has 2 aromatic rings. The van der Waals surface area contributed by atoms with Crippen molar-refractivity contribution in [2.24, 2.45) is 0 Å². The number of fused-ring (bicyclic) bond motifs is 2. The minimum atomic E-state index is 0.0511. The SMILES string of the molecule is COCCNC(=O)CCN1c2ccccc2Sc2ccccc21. The normalized spacial score (nSPS) is 12.5. The number of nitrogens with zero attached hydrogens (tertiary/aromatic N) is 1. The van der Waals surface area contributed by atoms with Crippen LogP contribution < -0.4 is 10.2 Å². The van der Waals surface area contributed by atoms with E-state index in [0.29, 0.717) is 26.1 Å². The van der Waals surface area contributed by atoms with Crippen LogP contribution in [0.15, 0.2) is 58.3 Å². The van der Waals surface area contributed by atoms with Gasteiger partial charge >= 0.3 is 0 Å². The van der Waals surface area contributed by atoms with Crippen molar-refractivity contribution >= 4 is 29.0 Å².